The van der Waals surface area contributed by atoms with Crippen LogP contribution in [0.4, 0.5) is 0 Å². The zero-order valence-corrected chi connectivity index (χ0v) is 46.7. The second-order valence-electron chi connectivity index (χ2n) is 21.3. The topological polar surface area (TPSA) is 61.8 Å². The fraction of sp³-hybridized carbons (Fsp3) is 0.937. The molecule has 5 nitrogen and oxygen atoms in total. The van der Waals surface area contributed by atoms with E-state index in [1.165, 1.54) is 289 Å². The zero-order valence-electron chi connectivity index (χ0n) is 46.7. The summed E-state index contributed by atoms with van der Waals surface area (Å²) in [7, 11) is 0. The van der Waals surface area contributed by atoms with E-state index in [0.29, 0.717) is 26.1 Å². The van der Waals surface area contributed by atoms with Gasteiger partial charge in [0.1, 0.15) is 6.61 Å². The van der Waals surface area contributed by atoms with Gasteiger partial charge in [0.15, 0.2) is 6.10 Å². The molecule has 0 aromatic carbocycles. The zero-order chi connectivity index (χ0) is 49.2. The normalized spacial score (nSPS) is 12.1. The lowest BCUT2D eigenvalue weighted by Crippen LogP contribution is -2.30. The maximum atomic E-state index is 12.9. The van der Waals surface area contributed by atoms with Crippen LogP contribution in [0.3, 0.4) is 0 Å². The van der Waals surface area contributed by atoms with Gasteiger partial charge in [0.2, 0.25) is 0 Å². The third-order valence-electron chi connectivity index (χ3n) is 14.3. The Morgan fingerprint density at radius 3 is 0.897 bits per heavy atom. The van der Waals surface area contributed by atoms with Crippen molar-refractivity contribution in [3.05, 3.63) is 12.2 Å². The highest BCUT2D eigenvalue weighted by atomic mass is 16.6. The van der Waals surface area contributed by atoms with Crippen molar-refractivity contribution in [3.8, 4) is 0 Å². The molecule has 0 heterocycles. The molecule has 0 saturated carbocycles. The largest absolute Gasteiger partial charge is 0.462 e. The van der Waals surface area contributed by atoms with Crippen LogP contribution < -0.4 is 0 Å². The lowest BCUT2D eigenvalue weighted by atomic mass is 10.0. The maximum Gasteiger partial charge on any atom is 0.306 e. The Hall–Kier alpha value is -1.36. The first-order chi connectivity index (χ1) is 33.6. The Kier molecular flexibility index (Phi) is 58.7. The molecule has 0 bridgehead atoms. The number of esters is 2. The van der Waals surface area contributed by atoms with Crippen LogP contribution >= 0.6 is 0 Å². The van der Waals surface area contributed by atoms with Crippen LogP contribution in [-0.2, 0) is 23.8 Å². The Morgan fingerprint density at radius 1 is 0.309 bits per heavy atom. The van der Waals surface area contributed by atoms with E-state index in [-0.39, 0.29) is 18.5 Å². The Balaban J connectivity index is 4.19. The minimum atomic E-state index is -0.528. The van der Waals surface area contributed by atoms with Gasteiger partial charge in [0, 0.05) is 19.4 Å². The number of unbranched alkanes of at least 4 members (excludes halogenated alkanes) is 46. The van der Waals surface area contributed by atoms with E-state index in [1.54, 1.807) is 0 Å². The van der Waals surface area contributed by atoms with E-state index in [4.69, 9.17) is 14.2 Å². The fourth-order valence-corrected chi connectivity index (χ4v) is 9.63. The highest BCUT2D eigenvalue weighted by Gasteiger charge is 2.18. The van der Waals surface area contributed by atoms with E-state index in [2.05, 4.69) is 32.9 Å². The molecule has 68 heavy (non-hydrogen) atoms. The molecular weight excluding hydrogens is 837 g/mol. The average molecular weight is 960 g/mol. The van der Waals surface area contributed by atoms with E-state index in [0.717, 1.165) is 32.1 Å². The summed E-state index contributed by atoms with van der Waals surface area (Å²) in [4.78, 5) is 25.6. The first-order valence-corrected chi connectivity index (χ1v) is 31.2. The van der Waals surface area contributed by atoms with Crippen LogP contribution in [0.5, 0.6) is 0 Å². The van der Waals surface area contributed by atoms with Gasteiger partial charge in [-0.2, -0.15) is 0 Å². The summed E-state index contributed by atoms with van der Waals surface area (Å²) in [5.41, 5.74) is 0. The highest BCUT2D eigenvalue weighted by Crippen LogP contribution is 2.18. The molecule has 0 aromatic rings. The van der Waals surface area contributed by atoms with Crippen LogP contribution in [0.2, 0.25) is 0 Å². The van der Waals surface area contributed by atoms with Crippen molar-refractivity contribution >= 4 is 11.9 Å². The molecule has 404 valence electrons. The summed E-state index contributed by atoms with van der Waals surface area (Å²) in [5.74, 6) is -0.369. The van der Waals surface area contributed by atoms with Crippen LogP contribution in [0, 0.1) is 0 Å². The van der Waals surface area contributed by atoms with Gasteiger partial charge in [0.05, 0.1) is 6.61 Å². The molecule has 0 aliphatic heterocycles. The van der Waals surface area contributed by atoms with Crippen LogP contribution in [0.15, 0.2) is 12.2 Å². The minimum absolute atomic E-state index is 0.0947. The summed E-state index contributed by atoms with van der Waals surface area (Å²) >= 11 is 0. The highest BCUT2D eigenvalue weighted by molar-refractivity contribution is 5.70. The molecule has 0 amide bonds. The molecule has 5 heteroatoms. The maximum absolute atomic E-state index is 12.9. The standard InChI is InChI=1S/C63H122O5/c1-4-7-10-13-16-19-22-25-28-30-32-33-36-38-41-44-47-50-53-56-62(64)67-60-61(68-63(65)57-54-51-48-45-42-39-35-27-24-21-18-15-12-9-6-3)59-66-58-55-52-49-46-43-40-37-34-31-29-26-23-20-17-14-11-8-5-2/h25,28,61H,4-24,26-27,29-60H2,1-3H3/b28-25-. The summed E-state index contributed by atoms with van der Waals surface area (Å²) in [6.07, 6.45) is 71.0. The molecule has 0 saturated heterocycles. The van der Waals surface area contributed by atoms with Crippen LogP contribution in [0.1, 0.15) is 355 Å². The molecular formula is C63H122O5. The lowest BCUT2D eigenvalue weighted by Gasteiger charge is -2.18. The number of allylic oxidation sites excluding steroid dienone is 2. The first-order valence-electron chi connectivity index (χ1n) is 31.2. The molecule has 0 fully saturated rings. The molecule has 0 aliphatic rings. The molecule has 0 aromatic heterocycles. The predicted molar refractivity (Wildman–Crippen MR) is 298 cm³/mol. The summed E-state index contributed by atoms with van der Waals surface area (Å²) in [6.45, 7) is 7.92. The minimum Gasteiger partial charge on any atom is -0.462 e. The third kappa shape index (κ3) is 57.2. The van der Waals surface area contributed by atoms with Gasteiger partial charge in [0.25, 0.3) is 0 Å². The van der Waals surface area contributed by atoms with Crippen molar-refractivity contribution in [3.63, 3.8) is 0 Å². The van der Waals surface area contributed by atoms with Crippen molar-refractivity contribution in [2.75, 3.05) is 19.8 Å². The van der Waals surface area contributed by atoms with E-state index >= 15 is 0 Å². The van der Waals surface area contributed by atoms with Crippen molar-refractivity contribution in [2.45, 2.75) is 361 Å². The van der Waals surface area contributed by atoms with Crippen molar-refractivity contribution < 1.29 is 23.8 Å². The van der Waals surface area contributed by atoms with Gasteiger partial charge < -0.3 is 14.2 Å². The van der Waals surface area contributed by atoms with Gasteiger partial charge in [-0.25, -0.2) is 0 Å². The molecule has 1 unspecified atom stereocenters. The molecule has 0 spiro atoms. The third-order valence-corrected chi connectivity index (χ3v) is 14.3. The second-order valence-corrected chi connectivity index (χ2v) is 21.3. The van der Waals surface area contributed by atoms with Crippen LogP contribution in [-0.4, -0.2) is 37.9 Å². The monoisotopic (exact) mass is 959 g/mol. The van der Waals surface area contributed by atoms with Gasteiger partial charge in [-0.15, -0.1) is 0 Å². The number of carbonyl (C=O) groups excluding carboxylic acids is 2. The van der Waals surface area contributed by atoms with Crippen LogP contribution in [0.25, 0.3) is 0 Å². The van der Waals surface area contributed by atoms with Gasteiger partial charge >= 0.3 is 11.9 Å². The smallest absolute Gasteiger partial charge is 0.306 e. The van der Waals surface area contributed by atoms with Gasteiger partial charge in [-0.3, -0.25) is 9.59 Å². The van der Waals surface area contributed by atoms with Crippen molar-refractivity contribution in [1.82, 2.24) is 0 Å². The number of hydrogen-bond acceptors (Lipinski definition) is 5. The second kappa shape index (κ2) is 59.9. The Morgan fingerprint density at radius 2 is 0.574 bits per heavy atom. The number of rotatable bonds is 59. The molecule has 0 rings (SSSR count). The Labute approximate surface area is 426 Å². The van der Waals surface area contributed by atoms with E-state index in [9.17, 15) is 9.59 Å². The average Bonchev–Trinajstić information content (AvgIpc) is 3.34. The van der Waals surface area contributed by atoms with Crippen molar-refractivity contribution in [1.29, 1.82) is 0 Å². The fourth-order valence-electron chi connectivity index (χ4n) is 9.63. The quantitative estimate of drug-likeness (QED) is 0.0345. The molecule has 1 atom stereocenters. The first kappa shape index (κ1) is 66.6. The summed E-state index contributed by atoms with van der Waals surface area (Å²) in [6, 6.07) is 0. The van der Waals surface area contributed by atoms with Gasteiger partial charge in [-0.05, 0) is 44.9 Å². The Bertz CT molecular complexity index is 994. The number of hydrogen-bond donors (Lipinski definition) is 0. The molecule has 0 N–H and O–H groups in total. The van der Waals surface area contributed by atoms with Crippen molar-refractivity contribution in [2.24, 2.45) is 0 Å². The van der Waals surface area contributed by atoms with E-state index < -0.39 is 6.10 Å². The SMILES string of the molecule is CCCCCCCC/C=C\CCCCCCCCCCCC(=O)OCC(COCCCCCCCCCCCCCCCCCCCC)OC(=O)CCCCCCCCCCCCCCCCC. The molecule has 0 radical (unpaired) electrons. The number of carbonyl (C=O) groups is 2. The predicted octanol–water partition coefficient (Wildman–Crippen LogP) is 21.4. The number of ether oxygens (including phenoxy) is 3. The van der Waals surface area contributed by atoms with E-state index in [1.807, 2.05) is 0 Å². The lowest BCUT2D eigenvalue weighted by molar-refractivity contribution is -0.163. The molecule has 0 aliphatic carbocycles. The summed E-state index contributed by atoms with van der Waals surface area (Å²) < 4.78 is 17.5. The van der Waals surface area contributed by atoms with Gasteiger partial charge in [-0.1, -0.05) is 309 Å². The summed E-state index contributed by atoms with van der Waals surface area (Å²) in [5, 5.41) is 0.